The van der Waals surface area contributed by atoms with Gasteiger partial charge in [-0.2, -0.15) is 0 Å². The van der Waals surface area contributed by atoms with Crippen LogP contribution in [0, 0.1) is 0 Å². The first-order chi connectivity index (χ1) is 10.2. The topological polar surface area (TPSA) is 63.2 Å². The number of carbonyl (C=O) groups excluding carboxylic acids is 1. The van der Waals surface area contributed by atoms with E-state index in [1.165, 1.54) is 0 Å². The Morgan fingerprint density at radius 1 is 1.09 bits per heavy atom. The number of hydrogen-bond donors (Lipinski definition) is 1. The van der Waals surface area contributed by atoms with Gasteiger partial charge in [0.25, 0.3) is 5.91 Å². The van der Waals surface area contributed by atoms with Crippen molar-refractivity contribution >= 4 is 44.6 Å². The van der Waals surface area contributed by atoms with E-state index in [2.05, 4.69) is 5.32 Å². The number of sulfone groups is 1. The van der Waals surface area contributed by atoms with Crippen LogP contribution in [0.15, 0.2) is 42.5 Å². The summed E-state index contributed by atoms with van der Waals surface area (Å²) in [7, 11) is -3.10. The second-order valence-corrected chi connectivity index (χ2v) is 7.83. The third kappa shape index (κ3) is 4.73. The van der Waals surface area contributed by atoms with Crippen LogP contribution in [0.5, 0.6) is 0 Å². The van der Waals surface area contributed by atoms with E-state index in [1.54, 1.807) is 42.5 Å². The summed E-state index contributed by atoms with van der Waals surface area (Å²) in [6.45, 7) is 0. The van der Waals surface area contributed by atoms with Crippen LogP contribution >= 0.6 is 23.2 Å². The van der Waals surface area contributed by atoms with Crippen molar-refractivity contribution in [2.24, 2.45) is 0 Å². The van der Waals surface area contributed by atoms with Gasteiger partial charge in [-0.1, -0.05) is 35.3 Å². The number of nitrogens with one attached hydrogen (secondary N) is 1. The highest BCUT2D eigenvalue weighted by molar-refractivity contribution is 7.89. The Morgan fingerprint density at radius 2 is 1.73 bits per heavy atom. The molecule has 0 saturated carbocycles. The van der Waals surface area contributed by atoms with Crippen LogP contribution in [0.25, 0.3) is 0 Å². The number of carbonyl (C=O) groups is 1. The van der Waals surface area contributed by atoms with Crippen LogP contribution in [-0.2, 0) is 15.6 Å². The van der Waals surface area contributed by atoms with E-state index in [-0.39, 0.29) is 11.7 Å². The van der Waals surface area contributed by atoms with Crippen molar-refractivity contribution in [3.63, 3.8) is 0 Å². The molecule has 0 radical (unpaired) electrons. The molecule has 1 N–H and O–H groups in total. The van der Waals surface area contributed by atoms with Crippen molar-refractivity contribution in [1.29, 1.82) is 0 Å². The average molecular weight is 358 g/mol. The van der Waals surface area contributed by atoms with Gasteiger partial charge >= 0.3 is 0 Å². The zero-order chi connectivity index (χ0) is 16.3. The van der Waals surface area contributed by atoms with Crippen molar-refractivity contribution < 1.29 is 13.2 Å². The zero-order valence-corrected chi connectivity index (χ0v) is 14.0. The van der Waals surface area contributed by atoms with Crippen molar-refractivity contribution in [2.45, 2.75) is 5.75 Å². The van der Waals surface area contributed by atoms with Gasteiger partial charge in [-0.25, -0.2) is 8.42 Å². The molecule has 0 saturated heterocycles. The minimum atomic E-state index is -3.10. The molecular formula is C15H13Cl2NO3S. The second-order valence-electron chi connectivity index (χ2n) is 4.85. The predicted octanol–water partition coefficient (Wildman–Crippen LogP) is 3.79. The fourth-order valence-electron chi connectivity index (χ4n) is 1.84. The van der Waals surface area contributed by atoms with E-state index < -0.39 is 9.84 Å². The number of anilines is 1. The van der Waals surface area contributed by atoms with E-state index in [1.807, 2.05) is 0 Å². The van der Waals surface area contributed by atoms with Gasteiger partial charge in [0.15, 0.2) is 9.84 Å². The highest BCUT2D eigenvalue weighted by Crippen LogP contribution is 2.25. The summed E-state index contributed by atoms with van der Waals surface area (Å²) in [4.78, 5) is 12.1. The minimum Gasteiger partial charge on any atom is -0.321 e. The highest BCUT2D eigenvalue weighted by atomic mass is 35.5. The Bertz CT molecular complexity index is 802. The summed E-state index contributed by atoms with van der Waals surface area (Å²) in [5.41, 5.74) is 1.44. The lowest BCUT2D eigenvalue weighted by Crippen LogP contribution is -2.12. The van der Waals surface area contributed by atoms with Gasteiger partial charge in [0.05, 0.1) is 16.5 Å². The monoisotopic (exact) mass is 357 g/mol. The zero-order valence-electron chi connectivity index (χ0n) is 11.6. The van der Waals surface area contributed by atoms with Crippen molar-refractivity contribution in [3.05, 3.63) is 63.6 Å². The van der Waals surface area contributed by atoms with Gasteiger partial charge in [-0.15, -0.1) is 0 Å². The molecule has 0 atom stereocenters. The maximum atomic E-state index is 12.1. The lowest BCUT2D eigenvalue weighted by molar-refractivity contribution is 0.102. The van der Waals surface area contributed by atoms with E-state index in [0.29, 0.717) is 26.9 Å². The summed E-state index contributed by atoms with van der Waals surface area (Å²) < 4.78 is 22.4. The molecule has 7 heteroatoms. The van der Waals surface area contributed by atoms with Crippen molar-refractivity contribution in [1.82, 2.24) is 0 Å². The van der Waals surface area contributed by atoms with Gasteiger partial charge in [0.2, 0.25) is 0 Å². The van der Waals surface area contributed by atoms with Gasteiger partial charge in [-0.3, -0.25) is 4.79 Å². The highest BCUT2D eigenvalue weighted by Gasteiger charge is 2.10. The molecule has 0 aromatic heterocycles. The summed E-state index contributed by atoms with van der Waals surface area (Å²) in [6, 6.07) is 11.1. The molecule has 0 fully saturated rings. The maximum absolute atomic E-state index is 12.1. The molecule has 0 heterocycles. The third-order valence-corrected chi connectivity index (χ3v) is 4.24. The quantitative estimate of drug-likeness (QED) is 0.905. The van der Waals surface area contributed by atoms with Crippen LogP contribution in [-0.4, -0.2) is 20.6 Å². The molecule has 0 bridgehead atoms. The first-order valence-corrected chi connectivity index (χ1v) is 9.09. The smallest absolute Gasteiger partial charge is 0.255 e. The Kier molecular flexibility index (Phi) is 5.11. The molecular weight excluding hydrogens is 345 g/mol. The molecule has 0 aliphatic rings. The normalized spacial score (nSPS) is 11.2. The second kappa shape index (κ2) is 6.69. The number of rotatable bonds is 4. The standard InChI is InChI=1S/C15H13Cl2NO3S/c1-22(20,21)9-10-2-4-11(5-3-10)15(19)18-14-8-12(16)6-7-13(14)17/h2-8H,9H2,1H3,(H,18,19). The average Bonchev–Trinajstić information content (AvgIpc) is 2.42. The summed E-state index contributed by atoms with van der Waals surface area (Å²) >= 11 is 11.8. The number of halogens is 2. The molecule has 0 unspecified atom stereocenters. The fourth-order valence-corrected chi connectivity index (χ4v) is 2.98. The Hall–Kier alpha value is -1.56. The lowest BCUT2D eigenvalue weighted by atomic mass is 10.1. The first kappa shape index (κ1) is 16.8. The summed E-state index contributed by atoms with van der Waals surface area (Å²) in [5, 5.41) is 3.50. The molecule has 2 aromatic rings. The minimum absolute atomic E-state index is 0.0605. The summed E-state index contributed by atoms with van der Waals surface area (Å²) in [5.74, 6) is -0.412. The Labute approximate surface area is 139 Å². The number of benzene rings is 2. The largest absolute Gasteiger partial charge is 0.321 e. The van der Waals surface area contributed by atoms with Crippen LogP contribution in [0.3, 0.4) is 0 Å². The molecule has 0 aliphatic carbocycles. The number of amides is 1. The van der Waals surface area contributed by atoms with Crippen LogP contribution < -0.4 is 5.32 Å². The van der Waals surface area contributed by atoms with Crippen LogP contribution in [0.2, 0.25) is 10.0 Å². The lowest BCUT2D eigenvalue weighted by Gasteiger charge is -2.08. The first-order valence-electron chi connectivity index (χ1n) is 6.28. The molecule has 1 amide bonds. The maximum Gasteiger partial charge on any atom is 0.255 e. The Morgan fingerprint density at radius 3 is 2.32 bits per heavy atom. The van der Waals surface area contributed by atoms with Gasteiger partial charge < -0.3 is 5.32 Å². The van der Waals surface area contributed by atoms with Gasteiger partial charge in [-0.05, 0) is 35.9 Å². The molecule has 2 rings (SSSR count). The van der Waals surface area contributed by atoms with Crippen LogP contribution in [0.1, 0.15) is 15.9 Å². The van der Waals surface area contributed by atoms with Crippen molar-refractivity contribution in [2.75, 3.05) is 11.6 Å². The fraction of sp³-hybridized carbons (Fsp3) is 0.133. The van der Waals surface area contributed by atoms with E-state index in [4.69, 9.17) is 23.2 Å². The molecule has 0 aliphatic heterocycles. The summed E-state index contributed by atoms with van der Waals surface area (Å²) in [6.07, 6.45) is 1.16. The molecule has 2 aromatic carbocycles. The van der Waals surface area contributed by atoms with E-state index in [9.17, 15) is 13.2 Å². The molecule has 4 nitrogen and oxygen atoms in total. The Balaban J connectivity index is 2.15. The van der Waals surface area contributed by atoms with Crippen molar-refractivity contribution in [3.8, 4) is 0 Å². The predicted molar refractivity (Wildman–Crippen MR) is 89.4 cm³/mol. The van der Waals surface area contributed by atoms with E-state index >= 15 is 0 Å². The van der Waals surface area contributed by atoms with Gasteiger partial charge in [0, 0.05) is 16.8 Å². The SMILES string of the molecule is CS(=O)(=O)Cc1ccc(C(=O)Nc2cc(Cl)ccc2Cl)cc1. The third-order valence-electron chi connectivity index (χ3n) is 2.82. The molecule has 22 heavy (non-hydrogen) atoms. The van der Waals surface area contributed by atoms with E-state index in [0.717, 1.165) is 6.26 Å². The molecule has 116 valence electrons. The van der Waals surface area contributed by atoms with Crippen LogP contribution in [0.4, 0.5) is 5.69 Å². The molecule has 0 spiro atoms. The van der Waals surface area contributed by atoms with Gasteiger partial charge in [0.1, 0.15) is 0 Å². The number of hydrogen-bond acceptors (Lipinski definition) is 3.